The van der Waals surface area contributed by atoms with Gasteiger partial charge in [0.25, 0.3) is 5.91 Å². The number of carbonyl (C=O) groups excluding carboxylic acids is 1. The van der Waals surface area contributed by atoms with Gasteiger partial charge in [-0.2, -0.15) is 10.0 Å². The van der Waals surface area contributed by atoms with Crippen molar-refractivity contribution in [3.8, 4) is 11.5 Å². The standard InChI is InChI=1S/C23H21ClN4O5S2/c1-3-14-4-7-16(8-5-14)32-10-11-33-19-9-6-15(13-18(19)24)12-17-20(25)28-22(26-21(17)29)34-23(27-28)35(2,30)31/h4-9,12-13,25H,3,10-11H2,1-2H3/b17-12+,25-20?. The van der Waals surface area contributed by atoms with Gasteiger partial charge in [0.2, 0.25) is 19.4 Å². The van der Waals surface area contributed by atoms with Gasteiger partial charge in [0.1, 0.15) is 24.7 Å². The van der Waals surface area contributed by atoms with Gasteiger partial charge in [-0.25, -0.2) is 8.42 Å². The Kier molecular flexibility index (Phi) is 7.29. The van der Waals surface area contributed by atoms with Crippen LogP contribution in [0.5, 0.6) is 11.5 Å². The lowest BCUT2D eigenvalue weighted by Gasteiger charge is -2.20. The molecule has 35 heavy (non-hydrogen) atoms. The predicted molar refractivity (Wildman–Crippen MR) is 138 cm³/mol. The molecule has 0 saturated heterocycles. The number of fused-ring (bicyclic) bond motifs is 1. The molecule has 4 rings (SSSR count). The molecule has 0 bridgehead atoms. The SMILES string of the molecule is CCc1ccc(OCCOc2ccc(/C=C3\C(=N)N4N=C(S(C)(=O)=O)SC4=NC3=O)cc2Cl)cc1. The Bertz CT molecular complexity index is 1390. The number of nitrogens with zero attached hydrogens (tertiary/aromatic N) is 3. The summed E-state index contributed by atoms with van der Waals surface area (Å²) in [5, 5.41) is 13.6. The average Bonchev–Trinajstić information content (AvgIpc) is 3.26. The molecule has 0 fully saturated rings. The number of carbonyl (C=O) groups is 1. The minimum Gasteiger partial charge on any atom is -0.490 e. The molecule has 0 aromatic heterocycles. The molecule has 2 aliphatic rings. The van der Waals surface area contributed by atoms with E-state index in [-0.39, 0.29) is 27.6 Å². The van der Waals surface area contributed by atoms with E-state index in [0.717, 1.165) is 35.2 Å². The molecule has 2 aliphatic heterocycles. The highest BCUT2D eigenvalue weighted by Gasteiger charge is 2.38. The Morgan fingerprint density at radius 2 is 1.86 bits per heavy atom. The van der Waals surface area contributed by atoms with E-state index in [0.29, 0.717) is 22.9 Å². The number of aryl methyl sites for hydroxylation is 1. The number of rotatable bonds is 7. The highest BCUT2D eigenvalue weighted by atomic mass is 35.5. The lowest BCUT2D eigenvalue weighted by Crippen LogP contribution is -2.35. The number of halogens is 1. The molecule has 1 N–H and O–H groups in total. The number of ether oxygens (including phenoxy) is 2. The molecule has 0 unspecified atom stereocenters. The van der Waals surface area contributed by atoms with Crippen molar-refractivity contribution in [2.75, 3.05) is 19.5 Å². The molecule has 0 spiro atoms. The van der Waals surface area contributed by atoms with E-state index < -0.39 is 15.7 Å². The van der Waals surface area contributed by atoms with Crippen LogP contribution in [0.1, 0.15) is 18.1 Å². The second-order valence-corrected chi connectivity index (χ2v) is 11.1. The first kappa shape index (κ1) is 25.0. The summed E-state index contributed by atoms with van der Waals surface area (Å²) in [5.41, 5.74) is 1.74. The third kappa shape index (κ3) is 5.75. The van der Waals surface area contributed by atoms with Crippen LogP contribution in [0.25, 0.3) is 6.08 Å². The summed E-state index contributed by atoms with van der Waals surface area (Å²) < 4.78 is 34.7. The monoisotopic (exact) mass is 532 g/mol. The van der Waals surface area contributed by atoms with E-state index in [4.69, 9.17) is 26.5 Å². The normalized spacial score (nSPS) is 16.8. The van der Waals surface area contributed by atoms with Crippen LogP contribution in [-0.4, -0.2) is 54.2 Å². The first-order chi connectivity index (χ1) is 16.7. The quantitative estimate of drug-likeness (QED) is 0.422. The molecule has 0 aliphatic carbocycles. The zero-order valence-corrected chi connectivity index (χ0v) is 21.2. The third-order valence-corrected chi connectivity index (χ3v) is 7.83. The van der Waals surface area contributed by atoms with Crippen LogP contribution in [-0.2, 0) is 21.1 Å². The Balaban J connectivity index is 1.41. The fourth-order valence-corrected chi connectivity index (χ4v) is 5.08. The number of hydrazone groups is 1. The van der Waals surface area contributed by atoms with Crippen LogP contribution >= 0.6 is 23.4 Å². The third-order valence-electron chi connectivity index (χ3n) is 4.96. The number of sulfone groups is 1. The van der Waals surface area contributed by atoms with Crippen molar-refractivity contribution < 1.29 is 22.7 Å². The maximum Gasteiger partial charge on any atom is 0.283 e. The minimum absolute atomic E-state index is 0.0304. The lowest BCUT2D eigenvalue weighted by molar-refractivity contribution is -0.114. The van der Waals surface area contributed by atoms with Gasteiger partial charge in [0.05, 0.1) is 10.6 Å². The van der Waals surface area contributed by atoms with Gasteiger partial charge in [-0.1, -0.05) is 36.7 Å². The summed E-state index contributed by atoms with van der Waals surface area (Å²) in [6.45, 7) is 2.71. The maximum absolute atomic E-state index is 12.5. The van der Waals surface area contributed by atoms with Gasteiger partial charge in [-0.3, -0.25) is 10.2 Å². The fraction of sp³-hybridized carbons (Fsp3) is 0.217. The van der Waals surface area contributed by atoms with Crippen LogP contribution in [0.2, 0.25) is 5.02 Å². The van der Waals surface area contributed by atoms with Crippen molar-refractivity contribution in [1.82, 2.24) is 5.01 Å². The zero-order chi connectivity index (χ0) is 25.2. The molecular formula is C23H21ClN4O5S2. The highest BCUT2D eigenvalue weighted by molar-refractivity contribution is 8.42. The minimum atomic E-state index is -3.59. The number of thioether (sulfide) groups is 1. The Labute approximate surface area is 211 Å². The number of hydrogen-bond donors (Lipinski definition) is 1. The molecule has 2 heterocycles. The molecule has 9 nitrogen and oxygen atoms in total. The Hall–Kier alpha value is -3.15. The van der Waals surface area contributed by atoms with Crippen molar-refractivity contribution in [1.29, 1.82) is 5.41 Å². The number of benzene rings is 2. The average molecular weight is 533 g/mol. The van der Waals surface area contributed by atoms with Crippen molar-refractivity contribution in [2.45, 2.75) is 13.3 Å². The number of aliphatic imine (C=N–C) groups is 1. The molecule has 12 heteroatoms. The van der Waals surface area contributed by atoms with Gasteiger partial charge in [0, 0.05) is 6.26 Å². The van der Waals surface area contributed by atoms with Gasteiger partial charge in [-0.05, 0) is 59.7 Å². The molecule has 1 amide bonds. The molecule has 2 aromatic carbocycles. The van der Waals surface area contributed by atoms with E-state index >= 15 is 0 Å². The highest BCUT2D eigenvalue weighted by Crippen LogP contribution is 2.31. The van der Waals surface area contributed by atoms with Crippen LogP contribution in [0.4, 0.5) is 0 Å². The van der Waals surface area contributed by atoms with Crippen LogP contribution in [0.3, 0.4) is 0 Å². The van der Waals surface area contributed by atoms with Gasteiger partial charge in [0.15, 0.2) is 5.84 Å². The molecule has 0 radical (unpaired) electrons. The largest absolute Gasteiger partial charge is 0.490 e. The first-order valence-corrected chi connectivity index (χ1v) is 13.6. The second-order valence-electron chi connectivity index (χ2n) is 7.54. The van der Waals surface area contributed by atoms with E-state index in [1.807, 2.05) is 24.3 Å². The van der Waals surface area contributed by atoms with Crippen molar-refractivity contribution >= 4 is 60.6 Å². The summed E-state index contributed by atoms with van der Waals surface area (Å²) in [6.07, 6.45) is 3.41. The zero-order valence-electron chi connectivity index (χ0n) is 18.8. The maximum atomic E-state index is 12.5. The topological polar surface area (TPSA) is 121 Å². The van der Waals surface area contributed by atoms with E-state index in [9.17, 15) is 13.2 Å². The van der Waals surface area contributed by atoms with E-state index in [1.165, 1.54) is 11.6 Å². The molecule has 0 atom stereocenters. The van der Waals surface area contributed by atoms with Crippen LogP contribution < -0.4 is 9.47 Å². The van der Waals surface area contributed by atoms with Crippen LogP contribution in [0.15, 0.2) is 58.1 Å². The number of amidine groups is 2. The summed E-state index contributed by atoms with van der Waals surface area (Å²) in [5.74, 6) is 0.266. The Morgan fingerprint density at radius 1 is 1.14 bits per heavy atom. The summed E-state index contributed by atoms with van der Waals surface area (Å²) >= 11 is 7.08. The smallest absolute Gasteiger partial charge is 0.283 e. The molecule has 182 valence electrons. The van der Waals surface area contributed by atoms with Gasteiger partial charge >= 0.3 is 0 Å². The van der Waals surface area contributed by atoms with Crippen molar-refractivity contribution in [3.05, 3.63) is 64.2 Å². The molecule has 2 aromatic rings. The first-order valence-electron chi connectivity index (χ1n) is 10.5. The molecule has 0 saturated carbocycles. The van der Waals surface area contributed by atoms with Crippen molar-refractivity contribution in [3.63, 3.8) is 0 Å². The fourth-order valence-electron chi connectivity index (χ4n) is 3.15. The van der Waals surface area contributed by atoms with Crippen molar-refractivity contribution in [2.24, 2.45) is 10.1 Å². The Morgan fingerprint density at radius 3 is 2.51 bits per heavy atom. The van der Waals surface area contributed by atoms with Gasteiger partial charge in [-0.15, -0.1) is 5.10 Å². The summed E-state index contributed by atoms with van der Waals surface area (Å²) in [4.78, 5) is 16.3. The summed E-state index contributed by atoms with van der Waals surface area (Å²) in [6, 6.07) is 12.8. The predicted octanol–water partition coefficient (Wildman–Crippen LogP) is 3.98. The van der Waals surface area contributed by atoms with Crippen LogP contribution in [0, 0.1) is 5.41 Å². The lowest BCUT2D eigenvalue weighted by atomic mass is 10.1. The second kappa shape index (κ2) is 10.2. The number of nitrogens with one attached hydrogen (secondary N) is 1. The van der Waals surface area contributed by atoms with Gasteiger partial charge < -0.3 is 9.47 Å². The molecular weight excluding hydrogens is 512 g/mol. The number of amides is 1. The van der Waals surface area contributed by atoms with E-state index in [2.05, 4.69) is 17.0 Å². The number of hydrogen-bond acceptors (Lipinski definition) is 8. The van der Waals surface area contributed by atoms with E-state index in [1.54, 1.807) is 18.2 Å². The summed E-state index contributed by atoms with van der Waals surface area (Å²) in [7, 11) is -3.59.